The molecule has 6 nitrogen and oxygen atoms in total. The van der Waals surface area contributed by atoms with Crippen LogP contribution in [0.3, 0.4) is 0 Å². The van der Waals surface area contributed by atoms with Crippen LogP contribution in [0.2, 0.25) is 0 Å². The Morgan fingerprint density at radius 2 is 1.75 bits per heavy atom. The average Bonchev–Trinajstić information content (AvgIpc) is 2.61. The average molecular weight is 320 g/mol. The van der Waals surface area contributed by atoms with E-state index in [4.69, 9.17) is 5.73 Å². The van der Waals surface area contributed by atoms with Gasteiger partial charge in [-0.15, -0.1) is 0 Å². The van der Waals surface area contributed by atoms with Crippen LogP contribution in [-0.2, 0) is 6.42 Å². The first-order chi connectivity index (χ1) is 11.7. The molecule has 3 rings (SSSR count). The molecule has 0 atom stereocenters. The van der Waals surface area contributed by atoms with Gasteiger partial charge in [-0.2, -0.15) is 0 Å². The van der Waals surface area contributed by atoms with Crippen molar-refractivity contribution in [2.75, 3.05) is 22.9 Å². The number of pyridine rings is 1. The topological polar surface area (TPSA) is 88.8 Å². The fourth-order valence-corrected chi connectivity index (χ4v) is 2.27. The third-order valence-corrected chi connectivity index (χ3v) is 3.59. The Hall–Kier alpha value is -3.15. The summed E-state index contributed by atoms with van der Waals surface area (Å²) in [5, 5.41) is 6.38. The number of hydrogen-bond acceptors (Lipinski definition) is 6. The molecule has 122 valence electrons. The van der Waals surface area contributed by atoms with Gasteiger partial charge in [0.2, 0.25) is 0 Å². The molecule has 0 saturated carbocycles. The zero-order chi connectivity index (χ0) is 16.8. The maximum Gasteiger partial charge on any atom is 0.160 e. The predicted molar refractivity (Wildman–Crippen MR) is 97.3 cm³/mol. The van der Waals surface area contributed by atoms with Crippen molar-refractivity contribution in [3.8, 4) is 0 Å². The van der Waals surface area contributed by atoms with Gasteiger partial charge in [-0.05, 0) is 30.5 Å². The van der Waals surface area contributed by atoms with Gasteiger partial charge >= 0.3 is 0 Å². The van der Waals surface area contributed by atoms with Crippen LogP contribution in [0.25, 0.3) is 0 Å². The summed E-state index contributed by atoms with van der Waals surface area (Å²) in [4.78, 5) is 12.7. The first-order valence-corrected chi connectivity index (χ1v) is 7.80. The van der Waals surface area contributed by atoms with Crippen LogP contribution in [0, 0.1) is 6.92 Å². The summed E-state index contributed by atoms with van der Waals surface area (Å²) in [6.45, 7) is 2.73. The minimum Gasteiger partial charge on any atom is -0.393 e. The molecule has 0 fully saturated rings. The summed E-state index contributed by atoms with van der Waals surface area (Å²) in [6, 6.07) is 14.1. The minimum absolute atomic E-state index is 0.480. The van der Waals surface area contributed by atoms with Gasteiger partial charge in [0.05, 0.1) is 0 Å². The van der Waals surface area contributed by atoms with Gasteiger partial charge in [0.15, 0.2) is 11.6 Å². The fourth-order valence-electron chi connectivity index (χ4n) is 2.27. The van der Waals surface area contributed by atoms with Crippen LogP contribution >= 0.6 is 0 Å². The van der Waals surface area contributed by atoms with E-state index in [1.54, 1.807) is 6.20 Å². The first kappa shape index (κ1) is 15.7. The molecule has 0 spiro atoms. The Labute approximate surface area is 141 Å². The van der Waals surface area contributed by atoms with E-state index in [9.17, 15) is 0 Å². The highest BCUT2D eigenvalue weighted by molar-refractivity contribution is 5.76. The molecule has 0 radical (unpaired) electrons. The van der Waals surface area contributed by atoms with Gasteiger partial charge in [0.1, 0.15) is 17.8 Å². The fraction of sp³-hybridized carbons (Fsp3) is 0.167. The number of aromatic nitrogens is 3. The largest absolute Gasteiger partial charge is 0.393 e. The summed E-state index contributed by atoms with van der Waals surface area (Å²) in [7, 11) is 0. The molecule has 0 bridgehead atoms. The van der Waals surface area contributed by atoms with E-state index in [0.29, 0.717) is 23.1 Å². The summed E-state index contributed by atoms with van der Waals surface area (Å²) >= 11 is 0. The number of hydrogen-bond donors (Lipinski definition) is 3. The van der Waals surface area contributed by atoms with E-state index in [1.807, 2.05) is 37.3 Å². The predicted octanol–water partition coefficient (Wildman–Crippen LogP) is 3.16. The molecule has 0 aliphatic carbocycles. The maximum atomic E-state index is 6.16. The van der Waals surface area contributed by atoms with Gasteiger partial charge in [0.25, 0.3) is 0 Å². The Balaban J connectivity index is 1.65. The van der Waals surface area contributed by atoms with Crippen molar-refractivity contribution in [2.24, 2.45) is 0 Å². The maximum absolute atomic E-state index is 6.16. The van der Waals surface area contributed by atoms with E-state index < -0.39 is 0 Å². The van der Waals surface area contributed by atoms with E-state index in [2.05, 4.69) is 37.7 Å². The van der Waals surface area contributed by atoms with Gasteiger partial charge in [-0.25, -0.2) is 15.0 Å². The standard InChI is InChI=1S/C18H20N6/c1-13-7-8-15(21-11-13)24-18-16(19)17(22-12-23-18)20-10-9-14-5-3-2-4-6-14/h2-8,11-12H,9-10,19H2,1H3,(H2,20,21,22,23,24). The van der Waals surface area contributed by atoms with Crippen molar-refractivity contribution in [2.45, 2.75) is 13.3 Å². The number of aryl methyl sites for hydroxylation is 1. The van der Waals surface area contributed by atoms with Gasteiger partial charge in [-0.3, -0.25) is 0 Å². The summed E-state index contributed by atoms with van der Waals surface area (Å²) in [5.41, 5.74) is 9.00. The number of nitrogen functional groups attached to an aromatic ring is 1. The second kappa shape index (κ2) is 7.41. The Kier molecular flexibility index (Phi) is 4.86. The lowest BCUT2D eigenvalue weighted by atomic mass is 10.1. The third-order valence-electron chi connectivity index (χ3n) is 3.59. The number of nitrogens with two attached hydrogens (primary N) is 1. The summed E-state index contributed by atoms with van der Waals surface area (Å²) in [6.07, 6.45) is 4.17. The van der Waals surface area contributed by atoms with Crippen LogP contribution < -0.4 is 16.4 Å². The highest BCUT2D eigenvalue weighted by Gasteiger charge is 2.08. The zero-order valence-corrected chi connectivity index (χ0v) is 13.5. The smallest absolute Gasteiger partial charge is 0.160 e. The Morgan fingerprint density at radius 3 is 2.50 bits per heavy atom. The van der Waals surface area contributed by atoms with E-state index in [1.165, 1.54) is 11.9 Å². The SMILES string of the molecule is Cc1ccc(Nc2ncnc(NCCc3ccccc3)c2N)nc1. The normalized spacial score (nSPS) is 10.4. The number of anilines is 4. The Bertz CT molecular complexity index is 786. The summed E-state index contributed by atoms with van der Waals surface area (Å²) < 4.78 is 0. The minimum atomic E-state index is 0.480. The zero-order valence-electron chi connectivity index (χ0n) is 13.5. The highest BCUT2D eigenvalue weighted by Crippen LogP contribution is 2.24. The lowest BCUT2D eigenvalue weighted by Gasteiger charge is -2.12. The number of benzene rings is 1. The van der Waals surface area contributed by atoms with Crippen LogP contribution in [0.1, 0.15) is 11.1 Å². The molecule has 2 heterocycles. The van der Waals surface area contributed by atoms with E-state index >= 15 is 0 Å². The van der Waals surface area contributed by atoms with Crippen LogP contribution in [0.5, 0.6) is 0 Å². The van der Waals surface area contributed by atoms with E-state index in [0.717, 1.165) is 18.5 Å². The quantitative estimate of drug-likeness (QED) is 0.646. The number of nitrogens with zero attached hydrogens (tertiary/aromatic N) is 3. The molecule has 0 aliphatic rings. The molecule has 1 aromatic carbocycles. The van der Waals surface area contributed by atoms with Crippen LogP contribution in [0.4, 0.5) is 23.1 Å². The first-order valence-electron chi connectivity index (χ1n) is 7.80. The molecule has 3 aromatic rings. The Morgan fingerprint density at radius 1 is 0.958 bits per heavy atom. The summed E-state index contributed by atoms with van der Waals surface area (Å²) in [5.74, 6) is 1.86. The van der Waals surface area contributed by atoms with Gasteiger partial charge in [-0.1, -0.05) is 36.4 Å². The van der Waals surface area contributed by atoms with Crippen molar-refractivity contribution >= 4 is 23.1 Å². The van der Waals surface area contributed by atoms with Crippen molar-refractivity contribution in [3.05, 3.63) is 66.1 Å². The van der Waals surface area contributed by atoms with Crippen LogP contribution in [0.15, 0.2) is 55.0 Å². The molecular weight excluding hydrogens is 300 g/mol. The molecule has 4 N–H and O–H groups in total. The highest BCUT2D eigenvalue weighted by atomic mass is 15.1. The van der Waals surface area contributed by atoms with Crippen molar-refractivity contribution in [3.63, 3.8) is 0 Å². The molecule has 0 amide bonds. The number of rotatable bonds is 6. The molecule has 6 heteroatoms. The molecular formula is C18H20N6. The second-order valence-electron chi connectivity index (χ2n) is 5.49. The van der Waals surface area contributed by atoms with E-state index in [-0.39, 0.29) is 0 Å². The lowest BCUT2D eigenvalue weighted by molar-refractivity contribution is 1.00. The van der Waals surface area contributed by atoms with Gasteiger partial charge < -0.3 is 16.4 Å². The molecule has 0 saturated heterocycles. The van der Waals surface area contributed by atoms with Crippen molar-refractivity contribution in [1.29, 1.82) is 0 Å². The number of nitrogens with one attached hydrogen (secondary N) is 2. The molecule has 0 unspecified atom stereocenters. The van der Waals surface area contributed by atoms with Crippen molar-refractivity contribution < 1.29 is 0 Å². The molecule has 24 heavy (non-hydrogen) atoms. The second-order valence-corrected chi connectivity index (χ2v) is 5.49. The lowest BCUT2D eigenvalue weighted by Crippen LogP contribution is -2.11. The third kappa shape index (κ3) is 3.98. The van der Waals surface area contributed by atoms with Crippen molar-refractivity contribution in [1.82, 2.24) is 15.0 Å². The van der Waals surface area contributed by atoms with Crippen LogP contribution in [-0.4, -0.2) is 21.5 Å². The monoisotopic (exact) mass is 320 g/mol. The molecule has 0 aliphatic heterocycles. The molecule has 2 aromatic heterocycles. The van der Waals surface area contributed by atoms with Gasteiger partial charge in [0, 0.05) is 12.7 Å².